The maximum atomic E-state index is 14.4. The molecule has 230 valence electrons. The van der Waals surface area contributed by atoms with Crippen molar-refractivity contribution in [3.63, 3.8) is 0 Å². The third kappa shape index (κ3) is 8.25. The van der Waals surface area contributed by atoms with E-state index in [1.54, 1.807) is 30.3 Å². The summed E-state index contributed by atoms with van der Waals surface area (Å²) in [7, 11) is -2.82. The van der Waals surface area contributed by atoms with E-state index < -0.39 is 34.4 Å². The van der Waals surface area contributed by atoms with Gasteiger partial charge in [-0.25, -0.2) is 8.42 Å². The minimum absolute atomic E-state index is 0.0323. The van der Waals surface area contributed by atoms with Gasteiger partial charge in [-0.05, 0) is 60.5 Å². The van der Waals surface area contributed by atoms with Crippen LogP contribution in [0.25, 0.3) is 0 Å². The zero-order valence-corrected chi connectivity index (χ0v) is 27.6. The molecule has 0 unspecified atom stereocenters. The van der Waals surface area contributed by atoms with Crippen LogP contribution in [0.2, 0.25) is 20.1 Å². The second kappa shape index (κ2) is 14.7. The molecule has 0 radical (unpaired) electrons. The fraction of sp³-hybridized carbons (Fsp3) is 0.188. The molecule has 12 heteroatoms. The van der Waals surface area contributed by atoms with E-state index in [9.17, 15) is 18.0 Å². The van der Waals surface area contributed by atoms with Gasteiger partial charge in [0.25, 0.3) is 10.0 Å². The van der Waals surface area contributed by atoms with E-state index in [4.69, 9.17) is 46.4 Å². The van der Waals surface area contributed by atoms with Crippen LogP contribution in [0.5, 0.6) is 0 Å². The Bertz CT molecular complexity index is 1730. The Morgan fingerprint density at radius 3 is 2.02 bits per heavy atom. The molecular formula is C32H29Cl4N3O4S. The van der Waals surface area contributed by atoms with E-state index in [1.165, 1.54) is 42.3 Å². The summed E-state index contributed by atoms with van der Waals surface area (Å²) >= 11 is 25.0. The molecule has 4 aromatic rings. The van der Waals surface area contributed by atoms with Crippen LogP contribution in [0.3, 0.4) is 0 Å². The fourth-order valence-electron chi connectivity index (χ4n) is 4.60. The van der Waals surface area contributed by atoms with E-state index in [0.29, 0.717) is 10.6 Å². The third-order valence-electron chi connectivity index (χ3n) is 6.88. The Labute approximate surface area is 277 Å². The number of aryl methyl sites for hydroxylation is 1. The van der Waals surface area contributed by atoms with E-state index in [2.05, 4.69) is 5.32 Å². The number of halogens is 4. The lowest BCUT2D eigenvalue weighted by Gasteiger charge is -2.33. The minimum atomic E-state index is -4.30. The van der Waals surface area contributed by atoms with E-state index in [0.717, 1.165) is 15.4 Å². The summed E-state index contributed by atoms with van der Waals surface area (Å²) in [6.07, 6.45) is 0.168. The number of likely N-dealkylation sites (N-methyl/N-ethyl adjacent to an activating group) is 1. The molecule has 1 N–H and O–H groups in total. The lowest BCUT2D eigenvalue weighted by Crippen LogP contribution is -2.53. The molecule has 4 rings (SSSR count). The van der Waals surface area contributed by atoms with Gasteiger partial charge in [0.1, 0.15) is 12.6 Å². The number of carbonyl (C=O) groups excluding carboxylic acids is 2. The zero-order valence-electron chi connectivity index (χ0n) is 23.8. The highest BCUT2D eigenvalue weighted by Crippen LogP contribution is 2.31. The van der Waals surface area contributed by atoms with Gasteiger partial charge in [0, 0.05) is 30.1 Å². The first kappa shape index (κ1) is 33.6. The first-order valence-electron chi connectivity index (χ1n) is 13.4. The quantitative estimate of drug-likeness (QED) is 0.180. The van der Waals surface area contributed by atoms with Crippen molar-refractivity contribution in [2.45, 2.75) is 30.8 Å². The van der Waals surface area contributed by atoms with Crippen molar-refractivity contribution in [1.82, 2.24) is 10.2 Å². The van der Waals surface area contributed by atoms with E-state index >= 15 is 0 Å². The maximum absolute atomic E-state index is 14.4. The molecule has 0 saturated carbocycles. The topological polar surface area (TPSA) is 86.8 Å². The molecule has 0 aromatic heterocycles. The normalized spacial score (nSPS) is 12.0. The number of sulfonamides is 1. The number of nitrogens with zero attached hydrogens (tertiary/aromatic N) is 2. The monoisotopic (exact) mass is 691 g/mol. The molecule has 0 fully saturated rings. The third-order valence-corrected chi connectivity index (χ3v) is 9.84. The standard InChI is InChI=1S/C32H29Cl4N3O4S/c1-21-8-11-27(12-9-21)44(42,43)39(26-17-24(33)16-25(34)18-26)20-31(40)38(19-23-10-13-28(35)29(36)14-23)30(32(41)37-2)15-22-6-4-3-5-7-22/h3-14,16-18,30H,15,19-20H2,1-2H3,(H,37,41)/t30-/m0/s1. The van der Waals surface area contributed by atoms with Gasteiger partial charge in [0.2, 0.25) is 11.8 Å². The van der Waals surface area contributed by atoms with Crippen molar-refractivity contribution in [3.8, 4) is 0 Å². The van der Waals surface area contributed by atoms with Crippen molar-refractivity contribution >= 4 is 73.9 Å². The maximum Gasteiger partial charge on any atom is 0.264 e. The highest BCUT2D eigenvalue weighted by atomic mass is 35.5. The second-order valence-corrected chi connectivity index (χ2v) is 13.6. The van der Waals surface area contributed by atoms with Crippen molar-refractivity contribution in [2.75, 3.05) is 17.9 Å². The molecule has 0 heterocycles. The molecule has 0 spiro atoms. The molecule has 44 heavy (non-hydrogen) atoms. The molecule has 0 aliphatic heterocycles. The van der Waals surface area contributed by atoms with Gasteiger partial charge in [0.05, 0.1) is 20.6 Å². The average Bonchev–Trinajstić information content (AvgIpc) is 2.99. The molecule has 1 atom stereocenters. The van der Waals surface area contributed by atoms with E-state index in [-0.39, 0.29) is 38.6 Å². The van der Waals surface area contributed by atoms with Gasteiger partial charge in [0.15, 0.2) is 0 Å². The van der Waals surface area contributed by atoms with Gasteiger partial charge in [-0.1, -0.05) is 100 Å². The molecule has 7 nitrogen and oxygen atoms in total. The second-order valence-electron chi connectivity index (χ2n) is 10.0. The number of hydrogen-bond donors (Lipinski definition) is 1. The lowest BCUT2D eigenvalue weighted by atomic mass is 10.0. The molecular weight excluding hydrogens is 664 g/mol. The Balaban J connectivity index is 1.82. The van der Waals surface area contributed by atoms with Gasteiger partial charge in [-0.3, -0.25) is 13.9 Å². The number of hydrogen-bond acceptors (Lipinski definition) is 4. The van der Waals surface area contributed by atoms with Crippen LogP contribution in [0, 0.1) is 6.92 Å². The van der Waals surface area contributed by atoms with Crippen LogP contribution in [0.1, 0.15) is 16.7 Å². The number of benzene rings is 4. The van der Waals surface area contributed by atoms with E-state index in [1.807, 2.05) is 37.3 Å². The van der Waals surface area contributed by atoms with Crippen LogP contribution in [0.4, 0.5) is 5.69 Å². The van der Waals surface area contributed by atoms with Gasteiger partial charge in [-0.15, -0.1) is 0 Å². The molecule has 0 bridgehead atoms. The van der Waals surface area contributed by atoms with Crippen molar-refractivity contribution < 1.29 is 18.0 Å². The Morgan fingerprint density at radius 1 is 0.795 bits per heavy atom. The first-order chi connectivity index (χ1) is 20.9. The minimum Gasteiger partial charge on any atom is -0.357 e. The van der Waals surface area contributed by atoms with Crippen LogP contribution < -0.4 is 9.62 Å². The summed E-state index contributed by atoms with van der Waals surface area (Å²) in [6.45, 7) is 1.12. The van der Waals surface area contributed by atoms with Gasteiger partial charge < -0.3 is 10.2 Å². The Hall–Kier alpha value is -3.27. The number of rotatable bonds is 11. The van der Waals surface area contributed by atoms with Crippen LogP contribution in [-0.4, -0.2) is 44.8 Å². The summed E-state index contributed by atoms with van der Waals surface area (Å²) in [5.74, 6) is -1.08. The number of amides is 2. The van der Waals surface area contributed by atoms with Crippen LogP contribution in [-0.2, 0) is 32.6 Å². The lowest BCUT2D eigenvalue weighted by molar-refractivity contribution is -0.139. The summed E-state index contributed by atoms with van der Waals surface area (Å²) in [5.41, 5.74) is 2.34. The molecule has 0 saturated heterocycles. The highest BCUT2D eigenvalue weighted by Gasteiger charge is 2.34. The van der Waals surface area contributed by atoms with Crippen molar-refractivity contribution in [2.24, 2.45) is 0 Å². The zero-order chi connectivity index (χ0) is 32.0. The van der Waals surface area contributed by atoms with Gasteiger partial charge in [-0.2, -0.15) is 0 Å². The first-order valence-corrected chi connectivity index (χ1v) is 16.4. The summed E-state index contributed by atoms with van der Waals surface area (Å²) in [4.78, 5) is 29.0. The van der Waals surface area contributed by atoms with Crippen molar-refractivity contribution in [3.05, 3.63) is 128 Å². The predicted molar refractivity (Wildman–Crippen MR) is 177 cm³/mol. The van der Waals surface area contributed by atoms with Gasteiger partial charge >= 0.3 is 0 Å². The van der Waals surface area contributed by atoms with Crippen LogP contribution >= 0.6 is 46.4 Å². The Morgan fingerprint density at radius 2 is 1.43 bits per heavy atom. The SMILES string of the molecule is CNC(=O)[C@H](Cc1ccccc1)N(Cc1ccc(Cl)c(Cl)c1)C(=O)CN(c1cc(Cl)cc(Cl)c1)S(=O)(=O)c1ccc(C)cc1. The van der Waals surface area contributed by atoms with Crippen molar-refractivity contribution in [1.29, 1.82) is 0 Å². The highest BCUT2D eigenvalue weighted by molar-refractivity contribution is 7.92. The number of nitrogens with one attached hydrogen (secondary N) is 1. The largest absolute Gasteiger partial charge is 0.357 e. The molecule has 0 aliphatic carbocycles. The molecule has 2 amide bonds. The smallest absolute Gasteiger partial charge is 0.264 e. The predicted octanol–water partition coefficient (Wildman–Crippen LogP) is 7.19. The summed E-state index contributed by atoms with van der Waals surface area (Å²) in [6, 6.07) is 23.6. The Kier molecular flexibility index (Phi) is 11.2. The summed E-state index contributed by atoms with van der Waals surface area (Å²) < 4.78 is 29.1. The molecule has 4 aromatic carbocycles. The average molecular weight is 693 g/mol. The van der Waals surface area contributed by atoms with Crippen LogP contribution in [0.15, 0.2) is 95.9 Å². The summed E-state index contributed by atoms with van der Waals surface area (Å²) in [5, 5.41) is 3.61. The number of anilines is 1. The number of carbonyl (C=O) groups is 2. The fourth-order valence-corrected chi connectivity index (χ4v) is 6.84. The molecule has 0 aliphatic rings.